The molecular weight excluding hydrogens is 170 g/mol. The molecule has 0 heterocycles. The monoisotopic (exact) mass is 183 g/mol. The van der Waals surface area contributed by atoms with Gasteiger partial charge in [0.15, 0.2) is 0 Å². The first-order valence-corrected chi connectivity index (χ1v) is 3.84. The normalized spacial score (nSPS) is 8.62. The van der Waals surface area contributed by atoms with E-state index >= 15 is 0 Å². The zero-order valence-corrected chi connectivity index (χ0v) is 7.44. The van der Waals surface area contributed by atoms with Crippen molar-refractivity contribution in [3.05, 3.63) is 25.4 Å². The van der Waals surface area contributed by atoms with E-state index in [1.807, 2.05) is 0 Å². The van der Waals surface area contributed by atoms with Crippen LogP contribution in [0.3, 0.4) is 0 Å². The third-order valence-corrected chi connectivity index (χ3v) is 1.31. The van der Waals surface area contributed by atoms with Crippen LogP contribution in [-0.2, 0) is 14.3 Å². The molecule has 0 saturated heterocycles. The molecule has 0 spiro atoms. The van der Waals surface area contributed by atoms with Crippen molar-refractivity contribution in [3.63, 3.8) is 0 Å². The molecule has 1 amide bonds. The summed E-state index contributed by atoms with van der Waals surface area (Å²) in [5.74, 6) is -0.353. The third kappa shape index (κ3) is 5.66. The van der Waals surface area contributed by atoms with Gasteiger partial charge < -0.3 is 9.64 Å². The molecule has 0 rings (SSSR count). The smallest absolute Gasteiger partial charge is 0.307 e. The number of esters is 1. The van der Waals surface area contributed by atoms with Crippen LogP contribution in [0.25, 0.3) is 0 Å². The number of hydrogen-bond acceptors (Lipinski definition) is 3. The average Bonchev–Trinajstić information content (AvgIpc) is 2.16. The summed E-state index contributed by atoms with van der Waals surface area (Å²) >= 11 is 0. The summed E-state index contributed by atoms with van der Waals surface area (Å²) in [4.78, 5) is 22.4. The van der Waals surface area contributed by atoms with E-state index in [2.05, 4.69) is 13.2 Å². The van der Waals surface area contributed by atoms with Crippen molar-refractivity contribution in [1.82, 2.24) is 4.90 Å². The maximum absolute atomic E-state index is 10.9. The Bertz CT molecular complexity index is 193. The second-order valence-electron chi connectivity index (χ2n) is 2.25. The van der Waals surface area contributed by atoms with Gasteiger partial charge in [-0.2, -0.15) is 0 Å². The molecule has 4 nitrogen and oxygen atoms in total. The summed E-state index contributed by atoms with van der Waals surface area (Å²) in [6, 6.07) is 0. The first kappa shape index (κ1) is 11.4. The Hall–Kier alpha value is -1.58. The number of rotatable bonds is 7. The fourth-order valence-electron chi connectivity index (χ4n) is 0.631. The van der Waals surface area contributed by atoms with Gasteiger partial charge in [-0.3, -0.25) is 9.59 Å². The number of amides is 1. The molecule has 0 bridgehead atoms. The summed E-state index contributed by atoms with van der Waals surface area (Å²) in [5.41, 5.74) is 0. The van der Waals surface area contributed by atoms with Crippen LogP contribution in [0.5, 0.6) is 0 Å². The van der Waals surface area contributed by atoms with Gasteiger partial charge in [-0.15, -0.1) is 0 Å². The lowest BCUT2D eigenvalue weighted by Gasteiger charge is -2.09. The lowest BCUT2D eigenvalue weighted by Crippen LogP contribution is -2.19. The van der Waals surface area contributed by atoms with Gasteiger partial charge in [0, 0.05) is 6.54 Å². The van der Waals surface area contributed by atoms with Crippen molar-refractivity contribution < 1.29 is 14.3 Å². The van der Waals surface area contributed by atoms with Gasteiger partial charge in [0.05, 0.1) is 6.42 Å². The summed E-state index contributed by atoms with van der Waals surface area (Å²) < 4.78 is 4.70. The van der Waals surface area contributed by atoms with Crippen LogP contribution < -0.4 is 0 Å². The molecule has 0 radical (unpaired) electrons. The van der Waals surface area contributed by atoms with Gasteiger partial charge in [0.25, 0.3) is 0 Å². The van der Waals surface area contributed by atoms with Gasteiger partial charge in [0.1, 0.15) is 6.61 Å². The quantitative estimate of drug-likeness (QED) is 0.332. The van der Waals surface area contributed by atoms with E-state index in [-0.39, 0.29) is 19.0 Å². The van der Waals surface area contributed by atoms with E-state index in [9.17, 15) is 9.59 Å². The van der Waals surface area contributed by atoms with E-state index in [1.54, 1.807) is 0 Å². The highest BCUT2D eigenvalue weighted by Crippen LogP contribution is 1.91. The van der Waals surface area contributed by atoms with Gasteiger partial charge in [0.2, 0.25) is 6.41 Å². The third-order valence-electron chi connectivity index (χ3n) is 1.31. The Morgan fingerprint density at radius 2 is 2.15 bits per heavy atom. The van der Waals surface area contributed by atoms with Crippen LogP contribution in [0.15, 0.2) is 25.4 Å². The Balaban J connectivity index is 3.61. The lowest BCUT2D eigenvalue weighted by molar-refractivity contribution is -0.142. The minimum absolute atomic E-state index is 0.165. The summed E-state index contributed by atoms with van der Waals surface area (Å²) in [7, 11) is 0. The number of carbonyl (C=O) groups is 2. The topological polar surface area (TPSA) is 46.6 Å². The second-order valence-corrected chi connectivity index (χ2v) is 2.25. The fourth-order valence-corrected chi connectivity index (χ4v) is 0.631. The minimum atomic E-state index is -0.353. The molecule has 0 saturated carbocycles. The highest BCUT2D eigenvalue weighted by molar-refractivity contribution is 5.70. The van der Waals surface area contributed by atoms with E-state index in [4.69, 9.17) is 4.74 Å². The lowest BCUT2D eigenvalue weighted by atomic mass is 10.4. The van der Waals surface area contributed by atoms with Crippen molar-refractivity contribution in [2.24, 2.45) is 0 Å². The summed E-state index contributed by atoms with van der Waals surface area (Å²) in [6.07, 6.45) is 3.61. The van der Waals surface area contributed by atoms with E-state index in [0.29, 0.717) is 13.0 Å². The van der Waals surface area contributed by atoms with E-state index in [0.717, 1.165) is 0 Å². The van der Waals surface area contributed by atoms with E-state index < -0.39 is 0 Å². The Morgan fingerprint density at radius 1 is 1.46 bits per heavy atom. The number of hydrogen-bond donors (Lipinski definition) is 0. The number of nitrogens with zero attached hydrogens (tertiary/aromatic N) is 1. The van der Waals surface area contributed by atoms with Crippen molar-refractivity contribution in [2.45, 2.75) is 6.42 Å². The fraction of sp³-hybridized carbons (Fsp3) is 0.333. The molecule has 0 N–H and O–H groups in total. The molecular formula is C9H13NO3. The molecule has 0 fully saturated rings. The zero-order chi connectivity index (χ0) is 10.1. The molecule has 0 unspecified atom stereocenters. The van der Waals surface area contributed by atoms with Gasteiger partial charge in [-0.1, -0.05) is 19.2 Å². The first-order chi connectivity index (χ1) is 6.24. The molecule has 0 aliphatic carbocycles. The van der Waals surface area contributed by atoms with Gasteiger partial charge in [-0.05, 0) is 6.20 Å². The maximum Gasteiger partial charge on any atom is 0.307 e. The first-order valence-electron chi connectivity index (χ1n) is 3.84. The molecule has 0 aliphatic heterocycles. The standard InChI is InChI=1S/C9H13NO3/c1-3-7-13-9(12)5-6-10(4-2)8-11/h3-4,8H,1-2,5-7H2. The molecule has 0 aromatic carbocycles. The molecule has 0 aliphatic rings. The SMILES string of the molecule is C=CCOC(=O)CCN(C=C)C=O. The zero-order valence-electron chi connectivity index (χ0n) is 7.44. The summed E-state index contributed by atoms with van der Waals surface area (Å²) in [5, 5.41) is 0. The molecule has 0 atom stereocenters. The highest BCUT2D eigenvalue weighted by atomic mass is 16.5. The van der Waals surface area contributed by atoms with Crippen LogP contribution in [-0.4, -0.2) is 30.4 Å². The Kier molecular flexibility index (Phi) is 6.23. The average molecular weight is 183 g/mol. The van der Waals surface area contributed by atoms with Crippen LogP contribution in [0.1, 0.15) is 6.42 Å². The molecule has 13 heavy (non-hydrogen) atoms. The minimum Gasteiger partial charge on any atom is -0.461 e. The number of carbonyl (C=O) groups excluding carboxylic acids is 2. The van der Waals surface area contributed by atoms with Crippen LogP contribution in [0.4, 0.5) is 0 Å². The predicted molar refractivity (Wildman–Crippen MR) is 48.7 cm³/mol. The Morgan fingerprint density at radius 3 is 2.62 bits per heavy atom. The van der Waals surface area contributed by atoms with Crippen molar-refractivity contribution in [3.8, 4) is 0 Å². The van der Waals surface area contributed by atoms with Gasteiger partial charge >= 0.3 is 5.97 Å². The van der Waals surface area contributed by atoms with E-state index in [1.165, 1.54) is 17.2 Å². The number of ether oxygens (including phenoxy) is 1. The van der Waals surface area contributed by atoms with Crippen LogP contribution in [0.2, 0.25) is 0 Å². The largest absolute Gasteiger partial charge is 0.461 e. The van der Waals surface area contributed by atoms with Crippen LogP contribution in [0, 0.1) is 0 Å². The molecule has 4 heteroatoms. The molecule has 72 valence electrons. The van der Waals surface area contributed by atoms with Crippen LogP contribution >= 0.6 is 0 Å². The predicted octanol–water partition coefficient (Wildman–Crippen LogP) is 0.708. The van der Waals surface area contributed by atoms with Crippen molar-refractivity contribution in [2.75, 3.05) is 13.2 Å². The molecule has 0 aromatic rings. The maximum atomic E-state index is 10.9. The van der Waals surface area contributed by atoms with Crippen molar-refractivity contribution >= 4 is 12.4 Å². The highest BCUT2D eigenvalue weighted by Gasteiger charge is 2.03. The Labute approximate surface area is 77.5 Å². The second kappa shape index (κ2) is 7.09. The summed E-state index contributed by atoms with van der Waals surface area (Å²) in [6.45, 7) is 7.30. The van der Waals surface area contributed by atoms with Gasteiger partial charge in [-0.25, -0.2) is 0 Å². The molecule has 0 aromatic heterocycles. The van der Waals surface area contributed by atoms with Crippen molar-refractivity contribution in [1.29, 1.82) is 0 Å².